The highest BCUT2D eigenvalue weighted by Crippen LogP contribution is 2.40. The van der Waals surface area contributed by atoms with E-state index in [4.69, 9.17) is 28.1 Å². The van der Waals surface area contributed by atoms with Crippen LogP contribution >= 0.6 is 0 Å². The molecule has 0 amide bonds. The SMILES string of the molecule is CCOC(=O)C[C@H]1C[C@H](O[Si](C)(C)C(C)(C)C)C[C@@H](CC(=O)C[C@@H](O)[C@@H](C)CC/C=C/[C@@H](OC(=O)c2ccccc2)[C@H]2COC(C)(C)O2)O1. The maximum absolute atomic E-state index is 13.2. The number of esters is 2. The Balaban J connectivity index is 1.54. The Labute approximate surface area is 294 Å². The Morgan fingerprint density at radius 1 is 1.08 bits per heavy atom. The predicted molar refractivity (Wildman–Crippen MR) is 190 cm³/mol. The molecule has 0 aliphatic carbocycles. The highest BCUT2D eigenvalue weighted by atomic mass is 28.4. The fraction of sp³-hybridized carbons (Fsp3) is 0.711. The lowest BCUT2D eigenvalue weighted by Gasteiger charge is -2.43. The van der Waals surface area contributed by atoms with Crippen LogP contribution in [0.4, 0.5) is 0 Å². The van der Waals surface area contributed by atoms with E-state index in [1.807, 2.05) is 39.0 Å². The van der Waals surface area contributed by atoms with E-state index in [1.54, 1.807) is 31.2 Å². The number of hydrogen-bond donors (Lipinski definition) is 1. The molecule has 49 heavy (non-hydrogen) atoms. The zero-order valence-electron chi connectivity index (χ0n) is 31.1. The van der Waals surface area contributed by atoms with E-state index in [0.717, 1.165) is 0 Å². The number of ether oxygens (including phenoxy) is 5. The Morgan fingerprint density at radius 3 is 2.33 bits per heavy atom. The molecule has 7 atom stereocenters. The van der Waals surface area contributed by atoms with Crippen LogP contribution in [0.1, 0.15) is 104 Å². The van der Waals surface area contributed by atoms with Crippen molar-refractivity contribution in [2.75, 3.05) is 13.2 Å². The third-order valence-electron chi connectivity index (χ3n) is 9.72. The molecule has 1 aromatic carbocycles. The molecule has 0 spiro atoms. The van der Waals surface area contributed by atoms with Gasteiger partial charge in [0.2, 0.25) is 0 Å². The molecular formula is C38H60O10Si. The second-order valence-electron chi connectivity index (χ2n) is 15.5. The van der Waals surface area contributed by atoms with Crippen molar-refractivity contribution in [2.24, 2.45) is 5.92 Å². The number of hydrogen-bond acceptors (Lipinski definition) is 10. The number of carbonyl (C=O) groups excluding carboxylic acids is 3. The van der Waals surface area contributed by atoms with Crippen molar-refractivity contribution in [3.63, 3.8) is 0 Å². The highest BCUT2D eigenvalue weighted by Gasteiger charge is 2.42. The minimum Gasteiger partial charge on any atom is -0.466 e. The van der Waals surface area contributed by atoms with Gasteiger partial charge in [-0.1, -0.05) is 52.0 Å². The summed E-state index contributed by atoms with van der Waals surface area (Å²) in [5.41, 5.74) is 0.451. The number of benzene rings is 1. The number of aliphatic hydroxyl groups excluding tert-OH is 1. The summed E-state index contributed by atoms with van der Waals surface area (Å²) in [4.78, 5) is 38.3. The molecule has 2 aliphatic heterocycles. The molecule has 2 saturated heterocycles. The summed E-state index contributed by atoms with van der Waals surface area (Å²) >= 11 is 0. The number of Topliss-reactive ketones (excluding diaryl/α,β-unsaturated/α-hetero) is 1. The molecule has 2 heterocycles. The molecule has 0 radical (unpaired) electrons. The maximum Gasteiger partial charge on any atom is 0.338 e. The van der Waals surface area contributed by atoms with Crippen LogP contribution in [-0.4, -0.2) is 86.8 Å². The average Bonchev–Trinajstić information content (AvgIpc) is 3.37. The number of ketones is 1. The summed E-state index contributed by atoms with van der Waals surface area (Å²) in [7, 11) is -2.09. The second kappa shape index (κ2) is 18.2. The van der Waals surface area contributed by atoms with E-state index in [0.29, 0.717) is 44.5 Å². The van der Waals surface area contributed by atoms with Gasteiger partial charge in [0.15, 0.2) is 14.1 Å². The molecule has 1 N–H and O–H groups in total. The Kier molecular flexibility index (Phi) is 15.2. The van der Waals surface area contributed by atoms with Gasteiger partial charge in [0, 0.05) is 12.8 Å². The van der Waals surface area contributed by atoms with E-state index >= 15 is 0 Å². The minimum absolute atomic E-state index is 0.0146. The lowest BCUT2D eigenvalue weighted by Crippen LogP contribution is -2.48. The topological polar surface area (TPSA) is 127 Å². The smallest absolute Gasteiger partial charge is 0.338 e. The average molecular weight is 705 g/mol. The van der Waals surface area contributed by atoms with Gasteiger partial charge < -0.3 is 33.2 Å². The van der Waals surface area contributed by atoms with Gasteiger partial charge in [-0.25, -0.2) is 4.79 Å². The number of allylic oxidation sites excluding steroid dienone is 1. The fourth-order valence-electron chi connectivity index (χ4n) is 5.86. The van der Waals surface area contributed by atoms with Crippen molar-refractivity contribution in [3.8, 4) is 0 Å². The van der Waals surface area contributed by atoms with Gasteiger partial charge in [-0.2, -0.15) is 0 Å². The first-order chi connectivity index (χ1) is 22.9. The minimum atomic E-state index is -2.09. The van der Waals surface area contributed by atoms with E-state index in [9.17, 15) is 19.5 Å². The van der Waals surface area contributed by atoms with Gasteiger partial charge in [0.25, 0.3) is 0 Å². The summed E-state index contributed by atoms with van der Waals surface area (Å²) in [6.45, 7) is 18.9. The quantitative estimate of drug-likeness (QED) is 0.104. The van der Waals surface area contributed by atoms with Gasteiger partial charge >= 0.3 is 11.9 Å². The molecular weight excluding hydrogens is 644 g/mol. The molecule has 3 rings (SSSR count). The Hall–Kier alpha value is -2.41. The first-order valence-corrected chi connectivity index (χ1v) is 20.7. The van der Waals surface area contributed by atoms with Gasteiger partial charge in [-0.15, -0.1) is 0 Å². The monoisotopic (exact) mass is 704 g/mol. The zero-order chi connectivity index (χ0) is 36.4. The van der Waals surface area contributed by atoms with Crippen LogP contribution in [0.2, 0.25) is 18.1 Å². The van der Waals surface area contributed by atoms with E-state index in [2.05, 4.69) is 33.9 Å². The zero-order valence-corrected chi connectivity index (χ0v) is 32.1. The van der Waals surface area contributed by atoms with Crippen LogP contribution in [0.25, 0.3) is 0 Å². The fourth-order valence-corrected chi connectivity index (χ4v) is 7.24. The van der Waals surface area contributed by atoms with Crippen molar-refractivity contribution < 1.29 is 47.6 Å². The van der Waals surface area contributed by atoms with Crippen LogP contribution in [-0.2, 0) is 37.7 Å². The van der Waals surface area contributed by atoms with Crippen molar-refractivity contribution in [1.82, 2.24) is 0 Å². The van der Waals surface area contributed by atoms with E-state index < -0.39 is 44.5 Å². The number of carbonyl (C=O) groups is 3. The summed E-state index contributed by atoms with van der Waals surface area (Å²) in [5, 5.41) is 11.0. The van der Waals surface area contributed by atoms with Crippen LogP contribution < -0.4 is 0 Å². The molecule has 276 valence electrons. The van der Waals surface area contributed by atoms with Gasteiger partial charge in [0.05, 0.1) is 49.6 Å². The normalized spacial score (nSPS) is 24.7. The molecule has 10 nitrogen and oxygen atoms in total. The molecule has 0 saturated carbocycles. The van der Waals surface area contributed by atoms with Crippen LogP contribution in [0.3, 0.4) is 0 Å². The summed E-state index contributed by atoms with van der Waals surface area (Å²) in [5.74, 6) is -1.78. The summed E-state index contributed by atoms with van der Waals surface area (Å²) < 4.78 is 35.6. The molecule has 11 heteroatoms. The molecule has 2 fully saturated rings. The summed E-state index contributed by atoms with van der Waals surface area (Å²) in [6, 6.07) is 8.80. The molecule has 2 aliphatic rings. The Bertz CT molecular complexity index is 1240. The van der Waals surface area contributed by atoms with E-state index in [1.165, 1.54) is 0 Å². The van der Waals surface area contributed by atoms with Crippen LogP contribution in [0, 0.1) is 5.92 Å². The molecule has 1 aromatic rings. The van der Waals surface area contributed by atoms with Gasteiger partial charge in [-0.3, -0.25) is 9.59 Å². The first-order valence-electron chi connectivity index (χ1n) is 17.8. The first kappa shape index (κ1) is 41.0. The maximum atomic E-state index is 13.2. The lowest BCUT2D eigenvalue weighted by molar-refractivity contribution is -0.153. The summed E-state index contributed by atoms with van der Waals surface area (Å²) in [6.07, 6.45) is 3.56. The lowest BCUT2D eigenvalue weighted by atomic mass is 9.91. The van der Waals surface area contributed by atoms with Crippen molar-refractivity contribution in [3.05, 3.63) is 48.0 Å². The van der Waals surface area contributed by atoms with Crippen molar-refractivity contribution in [2.45, 2.75) is 154 Å². The number of rotatable bonds is 17. The third kappa shape index (κ3) is 13.3. The second-order valence-corrected chi connectivity index (χ2v) is 20.2. The predicted octanol–water partition coefficient (Wildman–Crippen LogP) is 6.94. The van der Waals surface area contributed by atoms with Gasteiger partial charge in [-0.05, 0) is 88.7 Å². The van der Waals surface area contributed by atoms with Crippen molar-refractivity contribution in [1.29, 1.82) is 0 Å². The number of aliphatic hydroxyl groups is 1. The van der Waals surface area contributed by atoms with Crippen molar-refractivity contribution >= 4 is 26.0 Å². The Morgan fingerprint density at radius 2 is 1.73 bits per heavy atom. The third-order valence-corrected chi connectivity index (χ3v) is 14.3. The van der Waals surface area contributed by atoms with Crippen LogP contribution in [0.5, 0.6) is 0 Å². The van der Waals surface area contributed by atoms with Gasteiger partial charge in [0.1, 0.15) is 18.0 Å². The highest BCUT2D eigenvalue weighted by molar-refractivity contribution is 6.74. The molecule has 0 bridgehead atoms. The standard InChI is InChI=1S/C38H60O10Si/c1-10-43-35(41)24-30-23-31(48-49(8,9)37(3,4)5)22-29(45-30)20-28(39)21-32(40)26(2)16-14-15-19-33(34-25-44-38(6,7)47-34)46-36(42)27-17-12-11-13-18-27/h11-13,15,17-19,26,29-34,40H,10,14,16,20-25H2,1-9H3/b19-15+/t26-,29+,30+,31+,32+,33+,34+/m0/s1. The largest absolute Gasteiger partial charge is 0.466 e. The van der Waals surface area contributed by atoms with E-state index in [-0.39, 0.29) is 54.2 Å². The molecule has 0 unspecified atom stereocenters. The molecule has 0 aromatic heterocycles. The van der Waals surface area contributed by atoms with Crippen LogP contribution in [0.15, 0.2) is 42.5 Å².